The van der Waals surface area contributed by atoms with Crippen LogP contribution in [0, 0.1) is 0 Å². The second-order valence-corrected chi connectivity index (χ2v) is 6.61. The molecule has 2 heterocycles. The summed E-state index contributed by atoms with van der Waals surface area (Å²) in [6.45, 7) is 6.88. The maximum absolute atomic E-state index is 12.1. The van der Waals surface area contributed by atoms with Gasteiger partial charge in [0.2, 0.25) is 0 Å². The Labute approximate surface area is 119 Å². The molecule has 1 aliphatic carbocycles. The van der Waals surface area contributed by atoms with Gasteiger partial charge in [0.25, 0.3) is 0 Å². The first-order chi connectivity index (χ1) is 9.44. The van der Waals surface area contributed by atoms with Gasteiger partial charge in [-0.3, -0.25) is 0 Å². The van der Waals surface area contributed by atoms with Crippen LogP contribution in [0.15, 0.2) is 6.33 Å². The number of fused-ring (bicyclic) bond motifs is 1. The summed E-state index contributed by atoms with van der Waals surface area (Å²) in [6.07, 6.45) is 4.68. The Balaban J connectivity index is 1.75. The Morgan fingerprint density at radius 3 is 2.75 bits per heavy atom. The van der Waals surface area contributed by atoms with E-state index in [0.29, 0.717) is 19.0 Å². The smallest absolute Gasteiger partial charge is 0.410 e. The lowest BCUT2D eigenvalue weighted by Gasteiger charge is -2.31. The van der Waals surface area contributed by atoms with Crippen LogP contribution in [0.1, 0.15) is 56.5 Å². The molecule has 1 fully saturated rings. The summed E-state index contributed by atoms with van der Waals surface area (Å²) >= 11 is 0. The molecule has 0 bridgehead atoms. The normalized spacial score (nSPS) is 18.6. The number of carbonyl (C=O) groups excluding carboxylic acids is 1. The van der Waals surface area contributed by atoms with Crippen molar-refractivity contribution in [3.63, 3.8) is 0 Å². The predicted octanol–water partition coefficient (Wildman–Crippen LogP) is 2.65. The summed E-state index contributed by atoms with van der Waals surface area (Å²) in [7, 11) is 0. The molecule has 5 heteroatoms. The van der Waals surface area contributed by atoms with Crippen molar-refractivity contribution in [2.45, 2.75) is 58.1 Å². The monoisotopic (exact) mass is 275 g/mol. The first-order valence-electron chi connectivity index (χ1n) is 7.24. The van der Waals surface area contributed by atoms with Crippen LogP contribution < -0.4 is 0 Å². The van der Waals surface area contributed by atoms with Crippen LogP contribution in [0.5, 0.6) is 0 Å². The molecule has 5 nitrogen and oxygen atoms in total. The van der Waals surface area contributed by atoms with Gasteiger partial charge in [-0.25, -0.2) is 14.8 Å². The molecular weight excluding hydrogens is 254 g/mol. The molecule has 0 N–H and O–H groups in total. The summed E-state index contributed by atoms with van der Waals surface area (Å²) in [5, 5.41) is 0. The SMILES string of the molecule is CC(C)(C)OC(=O)N1CCc2c(ncnc2C2CC2)C1. The van der Waals surface area contributed by atoms with E-state index in [2.05, 4.69) is 9.97 Å². The summed E-state index contributed by atoms with van der Waals surface area (Å²) < 4.78 is 5.43. The van der Waals surface area contributed by atoms with E-state index in [1.54, 1.807) is 11.2 Å². The van der Waals surface area contributed by atoms with E-state index >= 15 is 0 Å². The Morgan fingerprint density at radius 1 is 1.35 bits per heavy atom. The molecule has 1 aromatic rings. The van der Waals surface area contributed by atoms with Crippen molar-refractivity contribution < 1.29 is 9.53 Å². The molecule has 0 aromatic carbocycles. The lowest BCUT2D eigenvalue weighted by atomic mass is 10.0. The third-order valence-electron chi connectivity index (χ3n) is 3.66. The van der Waals surface area contributed by atoms with Crippen molar-refractivity contribution in [2.24, 2.45) is 0 Å². The number of amides is 1. The lowest BCUT2D eigenvalue weighted by molar-refractivity contribution is 0.0220. The van der Waals surface area contributed by atoms with E-state index in [0.717, 1.165) is 12.1 Å². The van der Waals surface area contributed by atoms with Crippen molar-refractivity contribution in [1.82, 2.24) is 14.9 Å². The van der Waals surface area contributed by atoms with Crippen molar-refractivity contribution in [1.29, 1.82) is 0 Å². The molecule has 1 saturated carbocycles. The molecule has 108 valence electrons. The van der Waals surface area contributed by atoms with Gasteiger partial charge in [0.15, 0.2) is 0 Å². The number of aromatic nitrogens is 2. The van der Waals surface area contributed by atoms with Gasteiger partial charge < -0.3 is 9.64 Å². The Kier molecular flexibility index (Phi) is 3.15. The summed E-state index contributed by atoms with van der Waals surface area (Å²) in [5.41, 5.74) is 3.00. The van der Waals surface area contributed by atoms with Crippen molar-refractivity contribution in [3.05, 3.63) is 23.3 Å². The van der Waals surface area contributed by atoms with Gasteiger partial charge in [-0.05, 0) is 45.6 Å². The maximum atomic E-state index is 12.1. The topological polar surface area (TPSA) is 55.3 Å². The highest BCUT2D eigenvalue weighted by Gasteiger charge is 2.32. The summed E-state index contributed by atoms with van der Waals surface area (Å²) in [5.74, 6) is 0.625. The maximum Gasteiger partial charge on any atom is 0.410 e. The minimum atomic E-state index is -0.456. The predicted molar refractivity (Wildman–Crippen MR) is 74.4 cm³/mol. The van der Waals surface area contributed by atoms with Gasteiger partial charge in [0.05, 0.1) is 17.9 Å². The molecular formula is C15H21N3O2. The molecule has 0 radical (unpaired) electrons. The second-order valence-electron chi connectivity index (χ2n) is 6.61. The van der Waals surface area contributed by atoms with E-state index < -0.39 is 5.60 Å². The van der Waals surface area contributed by atoms with Gasteiger partial charge in [0, 0.05) is 12.5 Å². The van der Waals surface area contributed by atoms with Crippen molar-refractivity contribution >= 4 is 6.09 Å². The Hall–Kier alpha value is -1.65. The largest absolute Gasteiger partial charge is 0.444 e. The van der Waals surface area contributed by atoms with Crippen LogP contribution in [-0.4, -0.2) is 33.1 Å². The minimum Gasteiger partial charge on any atom is -0.444 e. The van der Waals surface area contributed by atoms with E-state index in [-0.39, 0.29) is 6.09 Å². The van der Waals surface area contributed by atoms with E-state index in [1.165, 1.54) is 24.1 Å². The number of hydrogen-bond acceptors (Lipinski definition) is 4. The van der Waals surface area contributed by atoms with Crippen LogP contribution in [0.25, 0.3) is 0 Å². The molecule has 1 aromatic heterocycles. The van der Waals surface area contributed by atoms with Crippen molar-refractivity contribution in [2.75, 3.05) is 6.54 Å². The highest BCUT2D eigenvalue weighted by atomic mass is 16.6. The Morgan fingerprint density at radius 2 is 2.10 bits per heavy atom. The highest BCUT2D eigenvalue weighted by Crippen LogP contribution is 2.41. The van der Waals surface area contributed by atoms with Crippen LogP contribution >= 0.6 is 0 Å². The van der Waals surface area contributed by atoms with Gasteiger partial charge in [0.1, 0.15) is 11.9 Å². The number of rotatable bonds is 1. The molecule has 0 spiro atoms. The first kappa shape index (κ1) is 13.3. The lowest BCUT2D eigenvalue weighted by Crippen LogP contribution is -2.40. The zero-order valence-corrected chi connectivity index (χ0v) is 12.3. The van der Waals surface area contributed by atoms with E-state index in [4.69, 9.17) is 4.74 Å². The number of carbonyl (C=O) groups is 1. The number of ether oxygens (including phenoxy) is 1. The van der Waals surface area contributed by atoms with Crippen LogP contribution in [0.4, 0.5) is 4.79 Å². The van der Waals surface area contributed by atoms with Crippen molar-refractivity contribution in [3.8, 4) is 0 Å². The molecule has 0 atom stereocenters. The quantitative estimate of drug-likeness (QED) is 0.790. The molecule has 0 unspecified atom stereocenters. The zero-order valence-electron chi connectivity index (χ0n) is 12.3. The molecule has 0 saturated heterocycles. The zero-order chi connectivity index (χ0) is 14.3. The Bertz CT molecular complexity index is 532. The molecule has 1 aliphatic heterocycles. The fourth-order valence-electron chi connectivity index (χ4n) is 2.57. The van der Waals surface area contributed by atoms with Crippen LogP contribution in [-0.2, 0) is 17.7 Å². The molecule has 1 amide bonds. The van der Waals surface area contributed by atoms with E-state index in [9.17, 15) is 4.79 Å². The fourth-order valence-corrected chi connectivity index (χ4v) is 2.57. The van der Waals surface area contributed by atoms with Crippen LogP contribution in [0.2, 0.25) is 0 Å². The van der Waals surface area contributed by atoms with Gasteiger partial charge in [-0.15, -0.1) is 0 Å². The minimum absolute atomic E-state index is 0.255. The van der Waals surface area contributed by atoms with Crippen LogP contribution in [0.3, 0.4) is 0 Å². The number of hydrogen-bond donors (Lipinski definition) is 0. The average molecular weight is 275 g/mol. The van der Waals surface area contributed by atoms with E-state index in [1.807, 2.05) is 20.8 Å². The molecule has 2 aliphatic rings. The average Bonchev–Trinajstić information content (AvgIpc) is 3.19. The number of nitrogens with zero attached hydrogens (tertiary/aromatic N) is 3. The molecule has 3 rings (SSSR count). The third kappa shape index (κ3) is 2.76. The van der Waals surface area contributed by atoms with Gasteiger partial charge in [-0.1, -0.05) is 0 Å². The second kappa shape index (κ2) is 4.72. The standard InChI is InChI=1S/C15H21N3O2/c1-15(2,3)20-14(19)18-7-6-11-12(8-18)16-9-17-13(11)10-4-5-10/h9-10H,4-8H2,1-3H3. The van der Waals surface area contributed by atoms with Gasteiger partial charge in [-0.2, -0.15) is 0 Å². The first-order valence-corrected chi connectivity index (χ1v) is 7.24. The summed E-state index contributed by atoms with van der Waals surface area (Å²) in [6, 6.07) is 0. The highest BCUT2D eigenvalue weighted by molar-refractivity contribution is 5.68. The fraction of sp³-hybridized carbons (Fsp3) is 0.667. The summed E-state index contributed by atoms with van der Waals surface area (Å²) in [4.78, 5) is 22.6. The third-order valence-corrected chi connectivity index (χ3v) is 3.66. The molecule has 20 heavy (non-hydrogen) atoms. The van der Waals surface area contributed by atoms with Gasteiger partial charge >= 0.3 is 6.09 Å².